The molecule has 0 saturated carbocycles. The molecular formula is C13H21N3O4S. The predicted molar refractivity (Wildman–Crippen MR) is 79.8 cm³/mol. The Bertz CT molecular complexity index is 560. The number of hydrogen-bond acceptors (Lipinski definition) is 5. The van der Waals surface area contributed by atoms with Crippen LogP contribution in [0.2, 0.25) is 0 Å². The van der Waals surface area contributed by atoms with Crippen LogP contribution in [0.25, 0.3) is 0 Å². The smallest absolute Gasteiger partial charge is 0.251 e. The van der Waals surface area contributed by atoms with Crippen molar-refractivity contribution in [2.24, 2.45) is 0 Å². The number of carbonyl (C=O) groups is 1. The largest absolute Gasteiger partial charge is 0.383 e. The Labute approximate surface area is 125 Å². The van der Waals surface area contributed by atoms with Crippen molar-refractivity contribution >= 4 is 15.9 Å². The number of nitrogens with one attached hydrogen (secondary N) is 3. The van der Waals surface area contributed by atoms with Gasteiger partial charge in [-0.15, -0.1) is 0 Å². The van der Waals surface area contributed by atoms with Crippen LogP contribution in [0.3, 0.4) is 0 Å². The van der Waals surface area contributed by atoms with Gasteiger partial charge in [0.15, 0.2) is 0 Å². The van der Waals surface area contributed by atoms with E-state index in [1.54, 1.807) is 13.1 Å². The van der Waals surface area contributed by atoms with E-state index in [4.69, 9.17) is 4.74 Å². The van der Waals surface area contributed by atoms with Crippen molar-refractivity contribution in [2.75, 3.05) is 40.4 Å². The molecule has 0 fully saturated rings. The number of amides is 1. The number of benzene rings is 1. The lowest BCUT2D eigenvalue weighted by molar-refractivity contribution is 0.0954. The average molecular weight is 315 g/mol. The predicted octanol–water partition coefficient (Wildman–Crippen LogP) is -0.439. The Morgan fingerprint density at radius 1 is 1.24 bits per heavy atom. The fourth-order valence-corrected chi connectivity index (χ4v) is 2.63. The van der Waals surface area contributed by atoms with Crippen molar-refractivity contribution in [1.29, 1.82) is 0 Å². The monoisotopic (exact) mass is 315 g/mol. The summed E-state index contributed by atoms with van der Waals surface area (Å²) >= 11 is 0. The molecule has 0 radical (unpaired) electrons. The third-order valence-corrected chi connectivity index (χ3v) is 4.12. The van der Waals surface area contributed by atoms with Gasteiger partial charge in [-0.3, -0.25) is 4.79 Å². The topological polar surface area (TPSA) is 96.5 Å². The van der Waals surface area contributed by atoms with Gasteiger partial charge in [-0.25, -0.2) is 13.1 Å². The van der Waals surface area contributed by atoms with Gasteiger partial charge in [0.25, 0.3) is 5.91 Å². The van der Waals surface area contributed by atoms with Crippen molar-refractivity contribution in [3.05, 3.63) is 29.8 Å². The Hall–Kier alpha value is -1.48. The van der Waals surface area contributed by atoms with E-state index in [2.05, 4.69) is 15.4 Å². The lowest BCUT2D eigenvalue weighted by Gasteiger charge is -2.08. The summed E-state index contributed by atoms with van der Waals surface area (Å²) in [5.74, 6) is -0.306. The van der Waals surface area contributed by atoms with Gasteiger partial charge >= 0.3 is 0 Å². The highest BCUT2D eigenvalue weighted by Gasteiger charge is 2.15. The quantitative estimate of drug-likeness (QED) is 0.537. The summed E-state index contributed by atoms with van der Waals surface area (Å²) in [5, 5.41) is 5.60. The van der Waals surface area contributed by atoms with Gasteiger partial charge < -0.3 is 15.4 Å². The second-order valence-corrected chi connectivity index (χ2v) is 6.04. The molecule has 0 saturated heterocycles. The van der Waals surface area contributed by atoms with E-state index in [0.717, 1.165) is 0 Å². The number of sulfonamides is 1. The fourth-order valence-electron chi connectivity index (χ4n) is 1.57. The minimum Gasteiger partial charge on any atom is -0.383 e. The van der Waals surface area contributed by atoms with Gasteiger partial charge in [-0.05, 0) is 25.2 Å². The molecule has 0 heterocycles. The molecule has 0 aliphatic carbocycles. The number of likely N-dealkylation sites (N-methyl/N-ethyl adjacent to an activating group) is 1. The van der Waals surface area contributed by atoms with Gasteiger partial charge in [0.1, 0.15) is 0 Å². The van der Waals surface area contributed by atoms with Gasteiger partial charge in [-0.1, -0.05) is 6.07 Å². The molecule has 1 aromatic rings. The van der Waals surface area contributed by atoms with Crippen LogP contribution in [0.1, 0.15) is 10.4 Å². The minimum absolute atomic E-state index is 0.0554. The molecule has 1 aromatic carbocycles. The summed E-state index contributed by atoms with van der Waals surface area (Å²) in [7, 11) is -0.363. The lowest BCUT2D eigenvalue weighted by Crippen LogP contribution is -2.31. The highest BCUT2D eigenvalue weighted by molar-refractivity contribution is 7.89. The third kappa shape index (κ3) is 5.80. The normalized spacial score (nSPS) is 11.3. The molecule has 21 heavy (non-hydrogen) atoms. The fraction of sp³-hybridized carbons (Fsp3) is 0.462. The summed E-state index contributed by atoms with van der Waals surface area (Å²) in [6.07, 6.45) is 0. The van der Waals surface area contributed by atoms with Gasteiger partial charge in [0.2, 0.25) is 10.0 Å². The van der Waals surface area contributed by atoms with Gasteiger partial charge in [-0.2, -0.15) is 0 Å². The van der Waals surface area contributed by atoms with Crippen LogP contribution >= 0.6 is 0 Å². The first-order valence-corrected chi connectivity index (χ1v) is 8.01. The molecule has 3 N–H and O–H groups in total. The van der Waals surface area contributed by atoms with Crippen LogP contribution in [0, 0.1) is 0 Å². The summed E-state index contributed by atoms with van der Waals surface area (Å²) in [4.78, 5) is 11.9. The van der Waals surface area contributed by atoms with E-state index in [-0.39, 0.29) is 24.0 Å². The average Bonchev–Trinajstić information content (AvgIpc) is 2.47. The Kier molecular flexibility index (Phi) is 7.30. The Morgan fingerprint density at radius 3 is 2.67 bits per heavy atom. The minimum atomic E-state index is -3.64. The number of carbonyl (C=O) groups excluding carboxylic acids is 1. The van der Waals surface area contributed by atoms with E-state index in [1.807, 2.05) is 0 Å². The molecule has 7 nitrogen and oxygen atoms in total. The second-order valence-electron chi connectivity index (χ2n) is 4.28. The second kappa shape index (κ2) is 8.73. The molecule has 0 aliphatic rings. The molecule has 1 amide bonds. The molecule has 118 valence electrons. The molecule has 0 unspecified atom stereocenters. The molecular weight excluding hydrogens is 294 g/mol. The first-order valence-electron chi connectivity index (χ1n) is 6.52. The zero-order valence-electron chi connectivity index (χ0n) is 12.2. The molecule has 0 spiro atoms. The zero-order valence-corrected chi connectivity index (χ0v) is 13.0. The molecule has 0 aromatic heterocycles. The van der Waals surface area contributed by atoms with Crippen LogP contribution in [0.15, 0.2) is 29.2 Å². The van der Waals surface area contributed by atoms with Crippen molar-refractivity contribution in [3.63, 3.8) is 0 Å². The van der Waals surface area contributed by atoms with Crippen LogP contribution in [-0.2, 0) is 14.8 Å². The maximum absolute atomic E-state index is 12.0. The Balaban J connectivity index is 2.77. The van der Waals surface area contributed by atoms with E-state index < -0.39 is 10.0 Å². The van der Waals surface area contributed by atoms with Crippen LogP contribution < -0.4 is 15.4 Å². The van der Waals surface area contributed by atoms with Crippen LogP contribution in [0.4, 0.5) is 0 Å². The van der Waals surface area contributed by atoms with Crippen molar-refractivity contribution in [3.8, 4) is 0 Å². The zero-order chi connectivity index (χ0) is 15.7. The number of methoxy groups -OCH3 is 1. The van der Waals surface area contributed by atoms with Gasteiger partial charge in [0.05, 0.1) is 11.5 Å². The van der Waals surface area contributed by atoms with E-state index in [9.17, 15) is 13.2 Å². The number of hydrogen-bond donors (Lipinski definition) is 3. The van der Waals surface area contributed by atoms with Gasteiger partial charge in [0, 0.05) is 32.3 Å². The number of ether oxygens (including phenoxy) is 1. The molecule has 0 atom stereocenters. The molecule has 0 aliphatic heterocycles. The summed E-state index contributed by atoms with van der Waals surface area (Å²) < 4.78 is 31.3. The molecule has 8 heteroatoms. The highest BCUT2D eigenvalue weighted by Crippen LogP contribution is 2.11. The van der Waals surface area contributed by atoms with E-state index in [0.29, 0.717) is 18.7 Å². The van der Waals surface area contributed by atoms with E-state index in [1.165, 1.54) is 25.3 Å². The summed E-state index contributed by atoms with van der Waals surface area (Å²) in [6.45, 7) is 1.57. The summed E-state index contributed by atoms with van der Waals surface area (Å²) in [5.41, 5.74) is 0.306. The first-order chi connectivity index (χ1) is 10.0. The summed E-state index contributed by atoms with van der Waals surface area (Å²) in [6, 6.07) is 5.91. The third-order valence-electron chi connectivity index (χ3n) is 2.67. The van der Waals surface area contributed by atoms with Crippen molar-refractivity contribution in [2.45, 2.75) is 4.90 Å². The van der Waals surface area contributed by atoms with E-state index >= 15 is 0 Å². The highest BCUT2D eigenvalue weighted by atomic mass is 32.2. The van der Waals surface area contributed by atoms with Crippen LogP contribution in [-0.4, -0.2) is 54.7 Å². The van der Waals surface area contributed by atoms with Crippen molar-refractivity contribution < 1.29 is 17.9 Å². The van der Waals surface area contributed by atoms with Crippen molar-refractivity contribution in [1.82, 2.24) is 15.4 Å². The lowest BCUT2D eigenvalue weighted by atomic mass is 10.2. The number of rotatable bonds is 9. The Morgan fingerprint density at radius 2 is 2.00 bits per heavy atom. The maximum Gasteiger partial charge on any atom is 0.251 e. The maximum atomic E-state index is 12.0. The first kappa shape index (κ1) is 17.6. The molecule has 0 bridgehead atoms. The van der Waals surface area contributed by atoms with Crippen LogP contribution in [0.5, 0.6) is 0 Å². The SMILES string of the molecule is CNCCNC(=O)c1cccc(S(=O)(=O)NCCOC)c1. The molecule has 1 rings (SSSR count). The standard InChI is InChI=1S/C13H21N3O4S/c1-14-6-7-15-13(17)11-4-3-5-12(10-11)21(18,19)16-8-9-20-2/h3-5,10,14,16H,6-9H2,1-2H3,(H,15,17).